The van der Waals surface area contributed by atoms with Gasteiger partial charge in [0.25, 0.3) is 0 Å². The number of aromatic nitrogens is 2. The van der Waals surface area contributed by atoms with Crippen LogP contribution in [0.5, 0.6) is 0 Å². The number of carboxylic acids is 1. The molecule has 1 aromatic heterocycles. The Morgan fingerprint density at radius 1 is 1.57 bits per heavy atom. The molecule has 0 bridgehead atoms. The largest absolute Gasteiger partial charge is 0.478 e. The van der Waals surface area contributed by atoms with Gasteiger partial charge in [-0.2, -0.15) is 0 Å². The SMILES string of the molecule is Cn1c(Cl)nc2c(C(=O)O)cccc21. The maximum absolute atomic E-state index is 10.8. The van der Waals surface area contributed by atoms with Gasteiger partial charge in [-0.15, -0.1) is 0 Å². The summed E-state index contributed by atoms with van der Waals surface area (Å²) in [5.41, 5.74) is 1.31. The molecule has 0 aliphatic rings. The molecule has 72 valence electrons. The second-order valence-electron chi connectivity index (χ2n) is 2.92. The molecule has 0 saturated heterocycles. The zero-order valence-electron chi connectivity index (χ0n) is 7.36. The molecule has 2 aromatic rings. The van der Waals surface area contributed by atoms with Crippen molar-refractivity contribution in [3.63, 3.8) is 0 Å². The lowest BCUT2D eigenvalue weighted by atomic mass is 10.2. The summed E-state index contributed by atoms with van der Waals surface area (Å²) < 4.78 is 1.64. The van der Waals surface area contributed by atoms with E-state index in [0.717, 1.165) is 5.52 Å². The summed E-state index contributed by atoms with van der Waals surface area (Å²) >= 11 is 5.79. The van der Waals surface area contributed by atoms with Gasteiger partial charge in [0.05, 0.1) is 11.1 Å². The predicted molar refractivity (Wildman–Crippen MR) is 52.7 cm³/mol. The molecular weight excluding hydrogens is 204 g/mol. The number of carboxylic acid groups (broad SMARTS) is 1. The van der Waals surface area contributed by atoms with Gasteiger partial charge in [-0.05, 0) is 23.7 Å². The summed E-state index contributed by atoms with van der Waals surface area (Å²) in [6.45, 7) is 0. The van der Waals surface area contributed by atoms with Crippen LogP contribution >= 0.6 is 11.6 Å². The van der Waals surface area contributed by atoms with Crippen molar-refractivity contribution in [3.05, 3.63) is 29.0 Å². The van der Waals surface area contributed by atoms with Crippen LogP contribution in [-0.2, 0) is 7.05 Å². The van der Waals surface area contributed by atoms with E-state index in [0.29, 0.717) is 5.52 Å². The number of nitrogens with zero attached hydrogens (tertiary/aromatic N) is 2. The monoisotopic (exact) mass is 210 g/mol. The lowest BCUT2D eigenvalue weighted by Gasteiger charge is -1.96. The summed E-state index contributed by atoms with van der Waals surface area (Å²) in [6, 6.07) is 4.96. The van der Waals surface area contributed by atoms with E-state index in [-0.39, 0.29) is 10.8 Å². The zero-order chi connectivity index (χ0) is 10.3. The lowest BCUT2D eigenvalue weighted by molar-refractivity contribution is 0.0699. The Bertz CT molecular complexity index is 519. The van der Waals surface area contributed by atoms with Crippen LogP contribution in [0.25, 0.3) is 11.0 Å². The molecule has 5 heteroatoms. The first-order chi connectivity index (χ1) is 6.61. The quantitative estimate of drug-likeness (QED) is 0.783. The van der Waals surface area contributed by atoms with Crippen LogP contribution in [0.15, 0.2) is 18.2 Å². The van der Waals surface area contributed by atoms with Gasteiger partial charge in [-0.1, -0.05) is 6.07 Å². The second-order valence-corrected chi connectivity index (χ2v) is 3.26. The predicted octanol–water partition coefficient (Wildman–Crippen LogP) is 1.92. The number of aryl methyl sites for hydroxylation is 1. The number of rotatable bonds is 1. The van der Waals surface area contributed by atoms with E-state index in [1.807, 2.05) is 0 Å². The van der Waals surface area contributed by atoms with Crippen molar-refractivity contribution in [3.8, 4) is 0 Å². The van der Waals surface area contributed by atoms with Gasteiger partial charge >= 0.3 is 5.97 Å². The summed E-state index contributed by atoms with van der Waals surface area (Å²) in [7, 11) is 1.74. The fourth-order valence-corrected chi connectivity index (χ4v) is 1.53. The molecule has 4 nitrogen and oxygen atoms in total. The van der Waals surface area contributed by atoms with E-state index in [1.165, 1.54) is 6.07 Å². The molecule has 1 aromatic carbocycles. The molecule has 0 aliphatic heterocycles. The van der Waals surface area contributed by atoms with Crippen LogP contribution in [0.3, 0.4) is 0 Å². The molecule has 0 amide bonds. The number of imidazole rings is 1. The number of para-hydroxylation sites is 1. The van der Waals surface area contributed by atoms with Crippen LogP contribution in [0.1, 0.15) is 10.4 Å². The van der Waals surface area contributed by atoms with Gasteiger partial charge in [0.15, 0.2) is 0 Å². The third kappa shape index (κ3) is 1.15. The van der Waals surface area contributed by atoms with Crippen LogP contribution in [0, 0.1) is 0 Å². The van der Waals surface area contributed by atoms with E-state index < -0.39 is 5.97 Å². The van der Waals surface area contributed by atoms with Crippen molar-refractivity contribution in [1.29, 1.82) is 0 Å². The number of halogens is 1. The van der Waals surface area contributed by atoms with E-state index in [1.54, 1.807) is 23.7 Å². The third-order valence-corrected chi connectivity index (χ3v) is 2.43. The van der Waals surface area contributed by atoms with E-state index >= 15 is 0 Å². The van der Waals surface area contributed by atoms with Gasteiger partial charge in [-0.25, -0.2) is 9.78 Å². The van der Waals surface area contributed by atoms with Gasteiger partial charge in [-0.3, -0.25) is 0 Å². The van der Waals surface area contributed by atoms with Crippen molar-refractivity contribution in [2.24, 2.45) is 7.05 Å². The maximum Gasteiger partial charge on any atom is 0.337 e. The number of hydrogen-bond acceptors (Lipinski definition) is 2. The van der Waals surface area contributed by atoms with Gasteiger partial charge < -0.3 is 9.67 Å². The number of fused-ring (bicyclic) bond motifs is 1. The smallest absolute Gasteiger partial charge is 0.337 e. The standard InChI is InChI=1S/C9H7ClN2O2/c1-12-6-4-2-3-5(8(13)14)7(6)11-9(12)10/h2-4H,1H3,(H,13,14). The molecule has 0 aliphatic carbocycles. The molecule has 0 unspecified atom stereocenters. The third-order valence-electron chi connectivity index (χ3n) is 2.09. The first kappa shape index (κ1) is 9.02. The van der Waals surface area contributed by atoms with E-state index in [2.05, 4.69) is 4.98 Å². The van der Waals surface area contributed by atoms with Crippen molar-refractivity contribution in [2.75, 3.05) is 0 Å². The summed E-state index contributed by atoms with van der Waals surface area (Å²) in [4.78, 5) is 14.8. The molecular formula is C9H7ClN2O2. The van der Waals surface area contributed by atoms with E-state index in [4.69, 9.17) is 16.7 Å². The Hall–Kier alpha value is -1.55. The highest BCUT2D eigenvalue weighted by Gasteiger charge is 2.13. The number of hydrogen-bond donors (Lipinski definition) is 1. The highest BCUT2D eigenvalue weighted by atomic mass is 35.5. The van der Waals surface area contributed by atoms with Gasteiger partial charge in [0.1, 0.15) is 5.52 Å². The first-order valence-corrected chi connectivity index (χ1v) is 4.33. The van der Waals surface area contributed by atoms with Crippen molar-refractivity contribution in [1.82, 2.24) is 9.55 Å². The average Bonchev–Trinajstić information content (AvgIpc) is 2.43. The van der Waals surface area contributed by atoms with Crippen molar-refractivity contribution < 1.29 is 9.90 Å². The minimum atomic E-state index is -0.995. The molecule has 0 saturated carbocycles. The highest BCUT2D eigenvalue weighted by molar-refractivity contribution is 6.29. The maximum atomic E-state index is 10.8. The molecule has 0 spiro atoms. The van der Waals surface area contributed by atoms with Crippen LogP contribution < -0.4 is 0 Å². The Labute approximate surface area is 84.7 Å². The highest BCUT2D eigenvalue weighted by Crippen LogP contribution is 2.21. The van der Waals surface area contributed by atoms with Crippen LogP contribution in [-0.4, -0.2) is 20.6 Å². The minimum Gasteiger partial charge on any atom is -0.478 e. The first-order valence-electron chi connectivity index (χ1n) is 3.95. The topological polar surface area (TPSA) is 55.1 Å². The molecule has 2 rings (SSSR count). The number of aromatic carboxylic acids is 1. The Morgan fingerprint density at radius 2 is 2.29 bits per heavy atom. The molecule has 1 heterocycles. The number of carbonyl (C=O) groups is 1. The Morgan fingerprint density at radius 3 is 2.93 bits per heavy atom. The normalized spacial score (nSPS) is 10.7. The molecule has 0 fully saturated rings. The molecule has 1 N–H and O–H groups in total. The summed E-state index contributed by atoms with van der Waals surface area (Å²) in [6.07, 6.45) is 0. The Kier molecular flexibility index (Phi) is 1.93. The lowest BCUT2D eigenvalue weighted by Crippen LogP contribution is -1.97. The zero-order valence-corrected chi connectivity index (χ0v) is 8.12. The van der Waals surface area contributed by atoms with E-state index in [9.17, 15) is 4.79 Å². The van der Waals surface area contributed by atoms with Crippen molar-refractivity contribution >= 4 is 28.6 Å². The van der Waals surface area contributed by atoms with Crippen LogP contribution in [0.4, 0.5) is 0 Å². The van der Waals surface area contributed by atoms with Crippen LogP contribution in [0.2, 0.25) is 5.28 Å². The summed E-state index contributed by atoms with van der Waals surface area (Å²) in [5.74, 6) is -0.995. The van der Waals surface area contributed by atoms with Crippen molar-refractivity contribution in [2.45, 2.75) is 0 Å². The molecule has 0 radical (unpaired) electrons. The second kappa shape index (κ2) is 2.99. The van der Waals surface area contributed by atoms with Gasteiger partial charge in [0, 0.05) is 7.05 Å². The number of benzene rings is 1. The summed E-state index contributed by atoms with van der Waals surface area (Å²) in [5, 5.41) is 9.18. The Balaban J connectivity index is 2.88. The average molecular weight is 211 g/mol. The van der Waals surface area contributed by atoms with Gasteiger partial charge in [0.2, 0.25) is 5.28 Å². The molecule has 14 heavy (non-hydrogen) atoms. The fourth-order valence-electron chi connectivity index (χ4n) is 1.36. The minimum absolute atomic E-state index is 0.171. The molecule has 0 atom stereocenters. The fraction of sp³-hybridized carbons (Fsp3) is 0.111.